The van der Waals surface area contributed by atoms with Crippen molar-refractivity contribution in [3.05, 3.63) is 44.6 Å². The van der Waals surface area contributed by atoms with Gasteiger partial charge in [0.2, 0.25) is 10.0 Å². The van der Waals surface area contributed by atoms with Gasteiger partial charge in [0.25, 0.3) is 0 Å². The van der Waals surface area contributed by atoms with Gasteiger partial charge in [0.15, 0.2) is 0 Å². The third-order valence-electron chi connectivity index (χ3n) is 2.88. The van der Waals surface area contributed by atoms with E-state index in [9.17, 15) is 8.42 Å². The van der Waals surface area contributed by atoms with Crippen LogP contribution in [0, 0.1) is 13.8 Å². The number of hydrogen-bond acceptors (Lipinski definition) is 4. The molecule has 20 heavy (non-hydrogen) atoms. The van der Waals surface area contributed by atoms with Gasteiger partial charge >= 0.3 is 0 Å². The van der Waals surface area contributed by atoms with Gasteiger partial charge in [-0.05, 0) is 43.7 Å². The van der Waals surface area contributed by atoms with Crippen molar-refractivity contribution in [2.75, 3.05) is 5.32 Å². The van der Waals surface area contributed by atoms with E-state index in [-0.39, 0.29) is 4.90 Å². The SMILES string of the molecule is Cc1cc(CNc2cc(S(N)(=O)=O)ccc2Cl)c(C)s1. The summed E-state index contributed by atoms with van der Waals surface area (Å²) in [7, 11) is -3.73. The molecule has 0 amide bonds. The van der Waals surface area contributed by atoms with Crippen LogP contribution in [0.5, 0.6) is 0 Å². The average molecular weight is 331 g/mol. The Labute approximate surface area is 127 Å². The molecule has 4 nitrogen and oxygen atoms in total. The highest BCUT2D eigenvalue weighted by molar-refractivity contribution is 7.89. The molecule has 1 aromatic carbocycles. The molecule has 0 aliphatic rings. The normalized spacial score (nSPS) is 11.6. The Kier molecular flexibility index (Phi) is 4.39. The fourth-order valence-corrected chi connectivity index (χ4v) is 3.54. The Morgan fingerprint density at radius 3 is 2.55 bits per heavy atom. The van der Waals surface area contributed by atoms with Crippen LogP contribution in [-0.4, -0.2) is 8.42 Å². The van der Waals surface area contributed by atoms with Crippen LogP contribution in [0.1, 0.15) is 15.3 Å². The molecule has 0 saturated heterocycles. The lowest BCUT2D eigenvalue weighted by atomic mass is 10.2. The maximum absolute atomic E-state index is 11.3. The minimum Gasteiger partial charge on any atom is -0.380 e. The Morgan fingerprint density at radius 1 is 1.30 bits per heavy atom. The summed E-state index contributed by atoms with van der Waals surface area (Å²) in [4.78, 5) is 2.51. The zero-order valence-corrected chi connectivity index (χ0v) is 13.5. The van der Waals surface area contributed by atoms with Gasteiger partial charge in [0.05, 0.1) is 15.6 Å². The standard InChI is InChI=1S/C13H15ClN2O2S2/c1-8-5-10(9(2)19-8)7-16-13-6-11(20(15,17)18)3-4-12(13)14/h3-6,16H,7H2,1-2H3,(H2,15,17,18). The average Bonchev–Trinajstić information content (AvgIpc) is 2.65. The number of hydrogen-bond donors (Lipinski definition) is 2. The first-order valence-electron chi connectivity index (χ1n) is 5.89. The molecule has 3 N–H and O–H groups in total. The van der Waals surface area contributed by atoms with Crippen molar-refractivity contribution in [1.29, 1.82) is 0 Å². The van der Waals surface area contributed by atoms with E-state index in [0.717, 1.165) is 0 Å². The fourth-order valence-electron chi connectivity index (χ4n) is 1.87. The molecule has 0 aliphatic carbocycles. The van der Waals surface area contributed by atoms with Gasteiger partial charge in [0.1, 0.15) is 0 Å². The Bertz CT molecular complexity index is 739. The minimum absolute atomic E-state index is 0.0441. The summed E-state index contributed by atoms with van der Waals surface area (Å²) in [6, 6.07) is 6.47. The number of sulfonamides is 1. The summed E-state index contributed by atoms with van der Waals surface area (Å²) in [5.41, 5.74) is 1.73. The third kappa shape index (κ3) is 3.52. The minimum atomic E-state index is -3.73. The zero-order valence-electron chi connectivity index (χ0n) is 11.1. The molecule has 0 fully saturated rings. The second kappa shape index (κ2) is 5.73. The van der Waals surface area contributed by atoms with E-state index < -0.39 is 10.0 Å². The number of rotatable bonds is 4. The molecule has 1 heterocycles. The van der Waals surface area contributed by atoms with E-state index in [4.69, 9.17) is 16.7 Å². The summed E-state index contributed by atoms with van der Waals surface area (Å²) in [5.74, 6) is 0. The number of nitrogens with one attached hydrogen (secondary N) is 1. The van der Waals surface area contributed by atoms with Crippen LogP contribution >= 0.6 is 22.9 Å². The largest absolute Gasteiger partial charge is 0.380 e. The molecule has 1 aromatic heterocycles. The van der Waals surface area contributed by atoms with E-state index in [1.54, 1.807) is 11.3 Å². The highest BCUT2D eigenvalue weighted by atomic mass is 35.5. The number of nitrogens with two attached hydrogens (primary N) is 1. The predicted octanol–water partition coefficient (Wildman–Crippen LogP) is 3.28. The monoisotopic (exact) mass is 330 g/mol. The van der Waals surface area contributed by atoms with Crippen LogP contribution < -0.4 is 10.5 Å². The summed E-state index contributed by atoms with van der Waals surface area (Å²) in [6.07, 6.45) is 0. The van der Waals surface area contributed by atoms with E-state index in [0.29, 0.717) is 17.3 Å². The number of benzene rings is 1. The van der Waals surface area contributed by atoms with Gasteiger partial charge in [-0.2, -0.15) is 0 Å². The summed E-state index contributed by atoms with van der Waals surface area (Å²) >= 11 is 7.79. The molecule has 0 saturated carbocycles. The lowest BCUT2D eigenvalue weighted by Crippen LogP contribution is -2.12. The lowest BCUT2D eigenvalue weighted by molar-refractivity contribution is 0.598. The molecule has 0 aliphatic heterocycles. The second-order valence-electron chi connectivity index (χ2n) is 4.48. The van der Waals surface area contributed by atoms with Crippen LogP contribution in [-0.2, 0) is 16.6 Å². The first kappa shape index (κ1) is 15.3. The number of thiophene rings is 1. The number of primary sulfonamides is 1. The number of aryl methyl sites for hydroxylation is 2. The quantitative estimate of drug-likeness (QED) is 0.903. The van der Waals surface area contributed by atoms with E-state index >= 15 is 0 Å². The van der Waals surface area contributed by atoms with Crippen LogP contribution in [0.15, 0.2) is 29.2 Å². The second-order valence-corrected chi connectivity index (χ2v) is 7.91. The maximum atomic E-state index is 11.3. The molecule has 7 heteroatoms. The van der Waals surface area contributed by atoms with Gasteiger partial charge < -0.3 is 5.32 Å². The lowest BCUT2D eigenvalue weighted by Gasteiger charge is -2.09. The molecular formula is C13H15ClN2O2S2. The summed E-state index contributed by atoms with van der Waals surface area (Å²) < 4.78 is 22.7. The van der Waals surface area contributed by atoms with Crippen molar-refractivity contribution < 1.29 is 8.42 Å². The van der Waals surface area contributed by atoms with Gasteiger partial charge in [-0.15, -0.1) is 11.3 Å². The highest BCUT2D eigenvalue weighted by Gasteiger charge is 2.11. The smallest absolute Gasteiger partial charge is 0.238 e. The van der Waals surface area contributed by atoms with Crippen molar-refractivity contribution in [3.63, 3.8) is 0 Å². The van der Waals surface area contributed by atoms with Crippen molar-refractivity contribution in [2.24, 2.45) is 5.14 Å². The fraction of sp³-hybridized carbons (Fsp3) is 0.231. The van der Waals surface area contributed by atoms with Crippen LogP contribution in [0.3, 0.4) is 0 Å². The van der Waals surface area contributed by atoms with Crippen molar-refractivity contribution >= 4 is 38.6 Å². The van der Waals surface area contributed by atoms with Crippen molar-refractivity contribution in [1.82, 2.24) is 0 Å². The molecule has 0 atom stereocenters. The highest BCUT2D eigenvalue weighted by Crippen LogP contribution is 2.27. The van der Waals surface area contributed by atoms with E-state index in [1.165, 1.54) is 33.5 Å². The maximum Gasteiger partial charge on any atom is 0.238 e. The van der Waals surface area contributed by atoms with E-state index in [2.05, 4.69) is 25.2 Å². The first-order chi connectivity index (χ1) is 9.27. The molecular weight excluding hydrogens is 316 g/mol. The third-order valence-corrected chi connectivity index (χ3v) is 5.13. The van der Waals surface area contributed by atoms with Gasteiger partial charge in [-0.3, -0.25) is 0 Å². The van der Waals surface area contributed by atoms with Gasteiger partial charge in [-0.25, -0.2) is 13.6 Å². The Morgan fingerprint density at radius 2 is 2.00 bits per heavy atom. The molecule has 0 radical (unpaired) electrons. The van der Waals surface area contributed by atoms with Gasteiger partial charge in [-0.1, -0.05) is 11.6 Å². The first-order valence-corrected chi connectivity index (χ1v) is 8.63. The van der Waals surface area contributed by atoms with Crippen molar-refractivity contribution in [3.8, 4) is 0 Å². The topological polar surface area (TPSA) is 72.2 Å². The molecule has 0 spiro atoms. The van der Waals surface area contributed by atoms with E-state index in [1.807, 2.05) is 0 Å². The number of halogens is 1. The Hall–Kier alpha value is -1.08. The van der Waals surface area contributed by atoms with Crippen LogP contribution in [0.2, 0.25) is 5.02 Å². The zero-order chi connectivity index (χ0) is 14.9. The summed E-state index contributed by atoms with van der Waals surface area (Å²) in [6.45, 7) is 4.69. The molecule has 2 aromatic rings. The Balaban J connectivity index is 2.23. The molecule has 108 valence electrons. The van der Waals surface area contributed by atoms with Crippen molar-refractivity contribution in [2.45, 2.75) is 25.3 Å². The summed E-state index contributed by atoms with van der Waals surface area (Å²) in [5, 5.41) is 8.72. The van der Waals surface area contributed by atoms with Gasteiger partial charge in [0, 0.05) is 16.3 Å². The predicted molar refractivity (Wildman–Crippen MR) is 83.9 cm³/mol. The number of anilines is 1. The van der Waals surface area contributed by atoms with Crippen LogP contribution in [0.25, 0.3) is 0 Å². The molecule has 0 unspecified atom stereocenters. The van der Waals surface area contributed by atoms with Crippen LogP contribution in [0.4, 0.5) is 5.69 Å². The molecule has 0 bridgehead atoms. The molecule has 2 rings (SSSR count).